The number of rotatable bonds is 3. The highest BCUT2D eigenvalue weighted by Crippen LogP contribution is 2.52. The number of carbonyl (C=O) groups is 2. The molecule has 0 heterocycles. The zero-order valence-corrected chi connectivity index (χ0v) is 9.76. The summed E-state index contributed by atoms with van der Waals surface area (Å²) in [5.41, 5.74) is 10.2. The molecule has 0 aromatic heterocycles. The van der Waals surface area contributed by atoms with Crippen molar-refractivity contribution in [3.05, 3.63) is 0 Å². The summed E-state index contributed by atoms with van der Waals surface area (Å²) < 4.78 is 3.85. The van der Waals surface area contributed by atoms with Crippen molar-refractivity contribution in [3.63, 3.8) is 0 Å². The molecule has 2 bridgehead atoms. The molecule has 0 saturated heterocycles. The van der Waals surface area contributed by atoms with Gasteiger partial charge in [0.2, 0.25) is 0 Å². The number of amides is 4. The fraction of sp³-hybridized carbons (Fsp3) is 0.778. The molecule has 5 N–H and O–H groups in total. The molecular formula is C9H16N4O2S. The van der Waals surface area contributed by atoms with Crippen LogP contribution < -0.4 is 16.2 Å². The molecule has 2 aliphatic rings. The van der Waals surface area contributed by atoms with Gasteiger partial charge in [-0.05, 0) is 38.0 Å². The van der Waals surface area contributed by atoms with Crippen molar-refractivity contribution < 1.29 is 9.59 Å². The van der Waals surface area contributed by atoms with Crippen LogP contribution in [-0.4, -0.2) is 21.9 Å². The molecule has 0 radical (unpaired) electrons. The van der Waals surface area contributed by atoms with E-state index in [1.165, 1.54) is 4.31 Å². The molecule has 2 saturated carbocycles. The lowest BCUT2D eigenvalue weighted by molar-refractivity contribution is 0.190. The van der Waals surface area contributed by atoms with E-state index < -0.39 is 12.1 Å². The summed E-state index contributed by atoms with van der Waals surface area (Å²) in [5.74, 6) is 0.705. The van der Waals surface area contributed by atoms with Gasteiger partial charge in [0.15, 0.2) is 0 Å². The molecule has 0 atom stereocenters. The van der Waals surface area contributed by atoms with Crippen LogP contribution in [0.1, 0.15) is 32.1 Å². The van der Waals surface area contributed by atoms with E-state index in [2.05, 4.69) is 4.72 Å². The van der Waals surface area contributed by atoms with Crippen LogP contribution in [0.25, 0.3) is 0 Å². The smallest absolute Gasteiger partial charge is 0.326 e. The summed E-state index contributed by atoms with van der Waals surface area (Å²) in [4.78, 5) is 22.1. The van der Waals surface area contributed by atoms with E-state index >= 15 is 0 Å². The van der Waals surface area contributed by atoms with Crippen molar-refractivity contribution in [1.82, 2.24) is 9.03 Å². The van der Waals surface area contributed by atoms with Crippen molar-refractivity contribution in [1.29, 1.82) is 0 Å². The van der Waals surface area contributed by atoms with Crippen molar-refractivity contribution in [2.75, 3.05) is 0 Å². The Kier molecular flexibility index (Phi) is 2.88. The lowest BCUT2D eigenvalue weighted by Gasteiger charge is -2.36. The number of primary amides is 2. The number of carbonyl (C=O) groups excluding carboxylic acids is 2. The van der Waals surface area contributed by atoms with Crippen LogP contribution in [0.5, 0.6) is 0 Å². The zero-order valence-electron chi connectivity index (χ0n) is 8.94. The van der Waals surface area contributed by atoms with Crippen LogP contribution in [0.3, 0.4) is 0 Å². The van der Waals surface area contributed by atoms with E-state index in [-0.39, 0.29) is 5.54 Å². The van der Waals surface area contributed by atoms with E-state index in [4.69, 9.17) is 11.5 Å². The summed E-state index contributed by atoms with van der Waals surface area (Å²) in [5, 5.41) is 0. The van der Waals surface area contributed by atoms with Gasteiger partial charge in [-0.1, -0.05) is 0 Å². The minimum absolute atomic E-state index is 0.163. The fourth-order valence-electron chi connectivity index (χ4n) is 2.91. The van der Waals surface area contributed by atoms with Gasteiger partial charge in [-0.2, -0.15) is 0 Å². The largest absolute Gasteiger partial charge is 0.351 e. The lowest BCUT2D eigenvalue weighted by Crippen LogP contribution is -2.49. The molecule has 0 spiro atoms. The quantitative estimate of drug-likeness (QED) is 0.643. The highest BCUT2D eigenvalue weighted by Gasteiger charge is 2.50. The van der Waals surface area contributed by atoms with Crippen LogP contribution in [0.2, 0.25) is 0 Å². The maximum absolute atomic E-state index is 11.4. The van der Waals surface area contributed by atoms with Gasteiger partial charge >= 0.3 is 12.1 Å². The van der Waals surface area contributed by atoms with Crippen LogP contribution in [0.4, 0.5) is 9.59 Å². The first kappa shape index (κ1) is 11.4. The predicted octanol–water partition coefficient (Wildman–Crippen LogP) is 0.931. The zero-order chi connectivity index (χ0) is 11.8. The predicted molar refractivity (Wildman–Crippen MR) is 61.0 cm³/mol. The first-order valence-corrected chi connectivity index (χ1v) is 6.13. The van der Waals surface area contributed by atoms with E-state index in [1.807, 2.05) is 0 Å². The third-order valence-corrected chi connectivity index (χ3v) is 4.62. The number of fused-ring (bicyclic) bond motifs is 2. The molecule has 2 aliphatic carbocycles. The SMILES string of the molecule is NC(=O)NSN(C(N)=O)C12CCC(CC1)C2. The number of urea groups is 2. The Labute approximate surface area is 98.4 Å². The Hall–Kier alpha value is -1.11. The Morgan fingerprint density at radius 2 is 1.94 bits per heavy atom. The van der Waals surface area contributed by atoms with E-state index in [0.717, 1.165) is 44.2 Å². The third kappa shape index (κ3) is 1.91. The van der Waals surface area contributed by atoms with Crippen molar-refractivity contribution >= 4 is 24.2 Å². The summed E-state index contributed by atoms with van der Waals surface area (Å²) in [6.45, 7) is 0. The summed E-state index contributed by atoms with van der Waals surface area (Å²) in [6, 6.07) is -1.18. The van der Waals surface area contributed by atoms with Crippen LogP contribution in [-0.2, 0) is 0 Å². The molecule has 7 heteroatoms. The average Bonchev–Trinajstić information content (AvgIpc) is 2.77. The minimum Gasteiger partial charge on any atom is -0.351 e. The normalized spacial score (nSPS) is 31.4. The van der Waals surface area contributed by atoms with Gasteiger partial charge in [-0.3, -0.25) is 4.72 Å². The van der Waals surface area contributed by atoms with Crippen LogP contribution in [0, 0.1) is 5.92 Å². The topological polar surface area (TPSA) is 101 Å². The van der Waals surface area contributed by atoms with Gasteiger partial charge in [-0.15, -0.1) is 0 Å². The maximum atomic E-state index is 11.4. The Balaban J connectivity index is 2.07. The first-order chi connectivity index (χ1) is 7.53. The number of nitrogens with zero attached hydrogens (tertiary/aromatic N) is 1. The summed E-state index contributed by atoms with van der Waals surface area (Å²) in [6.07, 6.45) is 5.20. The number of hydrogen-bond acceptors (Lipinski definition) is 3. The second-order valence-corrected chi connectivity index (χ2v) is 5.31. The van der Waals surface area contributed by atoms with Crippen molar-refractivity contribution in [3.8, 4) is 0 Å². The third-order valence-electron chi connectivity index (χ3n) is 3.57. The number of hydrogen-bond donors (Lipinski definition) is 3. The second kappa shape index (κ2) is 4.04. The maximum Gasteiger partial charge on any atom is 0.326 e. The van der Waals surface area contributed by atoms with Crippen LogP contribution >= 0.6 is 12.1 Å². The van der Waals surface area contributed by atoms with Crippen molar-refractivity contribution in [2.45, 2.75) is 37.6 Å². The first-order valence-electron chi connectivity index (χ1n) is 5.35. The van der Waals surface area contributed by atoms with Gasteiger partial charge in [0.05, 0.1) is 17.7 Å². The van der Waals surface area contributed by atoms with Gasteiger partial charge in [0.25, 0.3) is 0 Å². The van der Waals surface area contributed by atoms with E-state index in [0.29, 0.717) is 5.92 Å². The Morgan fingerprint density at radius 3 is 2.31 bits per heavy atom. The fourth-order valence-corrected chi connectivity index (χ4v) is 3.63. The highest BCUT2D eigenvalue weighted by atomic mass is 32.2. The summed E-state index contributed by atoms with van der Waals surface area (Å²) in [7, 11) is 0. The molecule has 90 valence electrons. The number of nitrogens with one attached hydrogen (secondary N) is 1. The monoisotopic (exact) mass is 244 g/mol. The molecule has 0 unspecified atom stereocenters. The molecule has 0 aromatic carbocycles. The molecule has 16 heavy (non-hydrogen) atoms. The standard InChI is InChI=1S/C9H16N4O2S/c10-7(14)12-16-13(8(11)15)9-3-1-6(5-9)2-4-9/h6H,1-5H2,(H2,11,15)(H3,10,12,14). The molecule has 6 nitrogen and oxygen atoms in total. The van der Waals surface area contributed by atoms with E-state index in [9.17, 15) is 9.59 Å². The molecule has 2 rings (SSSR count). The van der Waals surface area contributed by atoms with Gasteiger partial charge in [0, 0.05) is 0 Å². The highest BCUT2D eigenvalue weighted by molar-refractivity contribution is 7.96. The van der Waals surface area contributed by atoms with Crippen LogP contribution in [0.15, 0.2) is 0 Å². The van der Waals surface area contributed by atoms with E-state index in [1.54, 1.807) is 0 Å². The lowest BCUT2D eigenvalue weighted by atomic mass is 9.94. The number of nitrogens with two attached hydrogens (primary N) is 2. The average molecular weight is 244 g/mol. The van der Waals surface area contributed by atoms with Gasteiger partial charge in [0.1, 0.15) is 0 Å². The molecule has 2 fully saturated rings. The molecular weight excluding hydrogens is 228 g/mol. The molecule has 0 aromatic rings. The Morgan fingerprint density at radius 1 is 1.31 bits per heavy atom. The molecule has 0 aliphatic heterocycles. The summed E-state index contributed by atoms with van der Waals surface area (Å²) >= 11 is 0.919. The minimum atomic E-state index is -0.666. The second-order valence-electron chi connectivity index (χ2n) is 4.56. The van der Waals surface area contributed by atoms with Gasteiger partial charge in [-0.25, -0.2) is 13.9 Å². The Bertz CT molecular complexity index is 315. The van der Waals surface area contributed by atoms with Gasteiger partial charge < -0.3 is 11.5 Å². The van der Waals surface area contributed by atoms with Crippen molar-refractivity contribution in [2.24, 2.45) is 17.4 Å². The molecule has 4 amide bonds.